The molecular weight excluding hydrogens is 448 g/mol. The van der Waals surface area contributed by atoms with Crippen LogP contribution in [0.5, 0.6) is 11.5 Å². The number of rotatable bonds is 6. The van der Waals surface area contributed by atoms with Crippen molar-refractivity contribution in [2.75, 3.05) is 30.5 Å². The summed E-state index contributed by atoms with van der Waals surface area (Å²) in [5.41, 5.74) is 1.25. The molecule has 1 saturated heterocycles. The van der Waals surface area contributed by atoms with Gasteiger partial charge >= 0.3 is 0 Å². The van der Waals surface area contributed by atoms with Crippen LogP contribution >= 0.6 is 15.9 Å². The average molecular weight is 469 g/mol. The quantitative estimate of drug-likeness (QED) is 0.566. The Morgan fingerprint density at radius 1 is 1.10 bits per heavy atom. The van der Waals surface area contributed by atoms with Crippen LogP contribution in [-0.4, -0.2) is 32.1 Å². The highest BCUT2D eigenvalue weighted by Gasteiger charge is 2.24. The number of nitrogens with one attached hydrogen (secondary N) is 1. The van der Waals surface area contributed by atoms with E-state index < -0.39 is 0 Å². The second-order valence-electron chi connectivity index (χ2n) is 7.03. The zero-order valence-electron chi connectivity index (χ0n) is 16.5. The van der Waals surface area contributed by atoms with Gasteiger partial charge in [-0.05, 0) is 59.7 Å². The minimum Gasteiger partial charge on any atom is -0.495 e. The standard InChI is InChI=1S/C23H21BrN2O4/c1-29-21-9-7-18(13-20(21)26-10-2-3-23(26)28)25-22(27)14-30-19-8-5-15-11-17(24)6-4-16(15)12-19/h4-9,11-13H,2-3,10,14H2,1H3,(H,25,27). The maximum Gasteiger partial charge on any atom is 0.262 e. The van der Waals surface area contributed by atoms with Gasteiger partial charge in [0.15, 0.2) is 6.61 Å². The van der Waals surface area contributed by atoms with Crippen LogP contribution in [0.25, 0.3) is 10.8 Å². The molecule has 1 aliphatic rings. The molecule has 30 heavy (non-hydrogen) atoms. The van der Waals surface area contributed by atoms with E-state index in [4.69, 9.17) is 9.47 Å². The average Bonchev–Trinajstić information content (AvgIpc) is 3.18. The number of fused-ring (bicyclic) bond motifs is 1. The summed E-state index contributed by atoms with van der Waals surface area (Å²) in [6.07, 6.45) is 1.34. The van der Waals surface area contributed by atoms with Crippen molar-refractivity contribution in [3.8, 4) is 11.5 Å². The molecule has 3 aromatic rings. The summed E-state index contributed by atoms with van der Waals surface area (Å²) < 4.78 is 12.0. The number of amides is 2. The fraction of sp³-hybridized carbons (Fsp3) is 0.217. The molecule has 0 bridgehead atoms. The molecule has 1 fully saturated rings. The van der Waals surface area contributed by atoms with Crippen molar-refractivity contribution >= 4 is 49.9 Å². The number of ether oxygens (including phenoxy) is 2. The topological polar surface area (TPSA) is 67.9 Å². The summed E-state index contributed by atoms with van der Waals surface area (Å²) >= 11 is 3.46. The van der Waals surface area contributed by atoms with Crippen molar-refractivity contribution in [2.45, 2.75) is 12.8 Å². The fourth-order valence-electron chi connectivity index (χ4n) is 3.51. The van der Waals surface area contributed by atoms with Gasteiger partial charge in [-0.1, -0.05) is 28.1 Å². The molecule has 0 aliphatic carbocycles. The lowest BCUT2D eigenvalue weighted by Crippen LogP contribution is -2.25. The van der Waals surface area contributed by atoms with E-state index in [9.17, 15) is 9.59 Å². The van der Waals surface area contributed by atoms with E-state index in [0.29, 0.717) is 35.8 Å². The first kappa shape index (κ1) is 20.2. The zero-order valence-corrected chi connectivity index (χ0v) is 18.1. The largest absolute Gasteiger partial charge is 0.495 e. The third-order valence-corrected chi connectivity index (χ3v) is 5.46. The van der Waals surface area contributed by atoms with E-state index in [-0.39, 0.29) is 18.4 Å². The lowest BCUT2D eigenvalue weighted by atomic mass is 10.1. The van der Waals surface area contributed by atoms with Crippen molar-refractivity contribution in [1.29, 1.82) is 0 Å². The van der Waals surface area contributed by atoms with Gasteiger partial charge in [0.2, 0.25) is 5.91 Å². The number of benzene rings is 3. The fourth-order valence-corrected chi connectivity index (χ4v) is 3.89. The number of anilines is 2. The van der Waals surface area contributed by atoms with E-state index in [0.717, 1.165) is 21.7 Å². The molecule has 4 rings (SSSR count). The molecule has 3 aromatic carbocycles. The summed E-state index contributed by atoms with van der Waals surface area (Å²) in [6.45, 7) is 0.528. The zero-order chi connectivity index (χ0) is 21.1. The maximum absolute atomic E-state index is 12.4. The predicted octanol–water partition coefficient (Wildman–Crippen LogP) is 4.76. The van der Waals surface area contributed by atoms with E-state index in [1.165, 1.54) is 0 Å². The molecule has 0 aromatic heterocycles. The number of carbonyl (C=O) groups excluding carboxylic acids is 2. The van der Waals surface area contributed by atoms with E-state index in [2.05, 4.69) is 21.2 Å². The van der Waals surface area contributed by atoms with Gasteiger partial charge in [-0.2, -0.15) is 0 Å². The van der Waals surface area contributed by atoms with Crippen LogP contribution in [0.2, 0.25) is 0 Å². The van der Waals surface area contributed by atoms with Crippen LogP contribution < -0.4 is 19.7 Å². The monoisotopic (exact) mass is 468 g/mol. The van der Waals surface area contributed by atoms with Gasteiger partial charge in [-0.3, -0.25) is 9.59 Å². The molecule has 1 aliphatic heterocycles. The molecule has 7 heteroatoms. The first-order chi connectivity index (χ1) is 14.5. The van der Waals surface area contributed by atoms with Crippen LogP contribution in [0.15, 0.2) is 59.1 Å². The van der Waals surface area contributed by atoms with Gasteiger partial charge in [0.05, 0.1) is 12.8 Å². The summed E-state index contributed by atoms with van der Waals surface area (Å²) in [5, 5.41) is 4.94. The SMILES string of the molecule is COc1ccc(NC(=O)COc2ccc3cc(Br)ccc3c2)cc1N1CCCC1=O. The summed E-state index contributed by atoms with van der Waals surface area (Å²) in [6, 6.07) is 16.9. The smallest absolute Gasteiger partial charge is 0.262 e. The van der Waals surface area contributed by atoms with Gasteiger partial charge < -0.3 is 19.7 Å². The first-order valence-corrected chi connectivity index (χ1v) is 10.4. The third kappa shape index (κ3) is 4.41. The summed E-state index contributed by atoms with van der Waals surface area (Å²) in [7, 11) is 1.56. The van der Waals surface area contributed by atoms with Gasteiger partial charge in [-0.25, -0.2) is 0 Å². The Morgan fingerprint density at radius 2 is 1.90 bits per heavy atom. The van der Waals surface area contributed by atoms with E-state index >= 15 is 0 Å². The number of methoxy groups -OCH3 is 1. The first-order valence-electron chi connectivity index (χ1n) is 9.64. The molecule has 1 N–H and O–H groups in total. The number of nitrogens with zero attached hydrogens (tertiary/aromatic N) is 1. The Hall–Kier alpha value is -3.06. The molecular formula is C23H21BrN2O4. The Labute approximate surface area is 182 Å². The molecule has 0 unspecified atom stereocenters. The van der Waals surface area contributed by atoms with Crippen molar-refractivity contribution < 1.29 is 19.1 Å². The number of halogens is 1. The predicted molar refractivity (Wildman–Crippen MR) is 120 cm³/mol. The van der Waals surface area contributed by atoms with Crippen LogP contribution in [-0.2, 0) is 9.59 Å². The number of carbonyl (C=O) groups is 2. The van der Waals surface area contributed by atoms with Crippen LogP contribution in [0, 0.1) is 0 Å². The molecule has 0 saturated carbocycles. The Balaban J connectivity index is 1.42. The minimum atomic E-state index is -0.283. The Bertz CT molecular complexity index is 1120. The second kappa shape index (κ2) is 8.75. The summed E-state index contributed by atoms with van der Waals surface area (Å²) in [5.74, 6) is 0.999. The summed E-state index contributed by atoms with van der Waals surface area (Å²) in [4.78, 5) is 26.2. The number of hydrogen-bond acceptors (Lipinski definition) is 4. The van der Waals surface area contributed by atoms with Crippen LogP contribution in [0.1, 0.15) is 12.8 Å². The van der Waals surface area contributed by atoms with E-state index in [1.807, 2.05) is 36.4 Å². The molecule has 0 atom stereocenters. The van der Waals surface area contributed by atoms with Gasteiger partial charge in [0, 0.05) is 23.1 Å². The molecule has 0 spiro atoms. The molecule has 0 radical (unpaired) electrons. The molecule has 6 nitrogen and oxygen atoms in total. The van der Waals surface area contributed by atoms with E-state index in [1.54, 1.807) is 30.2 Å². The molecule has 1 heterocycles. The van der Waals surface area contributed by atoms with Crippen molar-refractivity contribution in [3.63, 3.8) is 0 Å². The lowest BCUT2D eigenvalue weighted by Gasteiger charge is -2.20. The highest BCUT2D eigenvalue weighted by Crippen LogP contribution is 2.34. The highest BCUT2D eigenvalue weighted by atomic mass is 79.9. The Kier molecular flexibility index (Phi) is 5.90. The van der Waals surface area contributed by atoms with Gasteiger partial charge in [0.25, 0.3) is 5.91 Å². The third-order valence-electron chi connectivity index (χ3n) is 4.97. The molecule has 154 valence electrons. The van der Waals surface area contributed by atoms with Crippen LogP contribution in [0.4, 0.5) is 11.4 Å². The van der Waals surface area contributed by atoms with Crippen molar-refractivity contribution in [3.05, 3.63) is 59.1 Å². The number of hydrogen-bond donors (Lipinski definition) is 1. The Morgan fingerprint density at radius 3 is 2.67 bits per heavy atom. The molecule has 2 amide bonds. The van der Waals surface area contributed by atoms with Crippen molar-refractivity contribution in [1.82, 2.24) is 0 Å². The highest BCUT2D eigenvalue weighted by molar-refractivity contribution is 9.10. The van der Waals surface area contributed by atoms with Crippen molar-refractivity contribution in [2.24, 2.45) is 0 Å². The minimum absolute atomic E-state index is 0.0587. The van der Waals surface area contributed by atoms with Crippen LogP contribution in [0.3, 0.4) is 0 Å². The normalized spacial score (nSPS) is 13.5. The van der Waals surface area contributed by atoms with Gasteiger partial charge in [-0.15, -0.1) is 0 Å². The lowest BCUT2D eigenvalue weighted by molar-refractivity contribution is -0.118. The maximum atomic E-state index is 12.4. The second-order valence-corrected chi connectivity index (χ2v) is 7.94. The van der Waals surface area contributed by atoms with Gasteiger partial charge in [0.1, 0.15) is 11.5 Å².